The molecule has 2 aromatic carbocycles. The summed E-state index contributed by atoms with van der Waals surface area (Å²) in [6.45, 7) is 2.38. The van der Waals surface area contributed by atoms with Crippen LogP contribution in [0.15, 0.2) is 54.6 Å². The third-order valence-corrected chi connectivity index (χ3v) is 6.52. The Labute approximate surface area is 214 Å². The van der Waals surface area contributed by atoms with Crippen molar-refractivity contribution >= 4 is 35.1 Å². The molecule has 0 radical (unpaired) electrons. The van der Waals surface area contributed by atoms with E-state index in [1.165, 1.54) is 0 Å². The Bertz CT molecular complexity index is 1250. The number of carbonyl (C=O) groups is 3. The Morgan fingerprint density at radius 2 is 1.89 bits per heavy atom. The summed E-state index contributed by atoms with van der Waals surface area (Å²) in [6, 6.07) is 15.8. The second kappa shape index (κ2) is 11.4. The summed E-state index contributed by atoms with van der Waals surface area (Å²) in [4.78, 5) is 39.0. The van der Waals surface area contributed by atoms with E-state index in [-0.39, 0.29) is 30.8 Å². The summed E-state index contributed by atoms with van der Waals surface area (Å²) in [7, 11) is 0. The zero-order chi connectivity index (χ0) is 25.7. The predicted octanol–water partition coefficient (Wildman–Crippen LogP) is 5.05. The van der Waals surface area contributed by atoms with E-state index in [0.717, 1.165) is 31.2 Å². The molecule has 36 heavy (non-hydrogen) atoms. The standard InChI is InChI=1S/C27H29ClN4O4/c1-2-3-4-8-21-16-31(17-25(33)29-22-9-6-5-7-19(22)14-26(34)35)27(36)24-15-23(30-32(21)24)18-10-12-20(28)13-11-18/h5-7,9-13,15,21H,2-4,8,14,16-17H2,1H3,(H,29,33)(H,34,35). The normalized spacial score (nSPS) is 15.0. The molecule has 0 saturated carbocycles. The van der Waals surface area contributed by atoms with Crippen LogP contribution in [0.5, 0.6) is 0 Å². The van der Waals surface area contributed by atoms with Crippen molar-refractivity contribution in [3.8, 4) is 11.3 Å². The number of nitrogens with one attached hydrogen (secondary N) is 1. The van der Waals surface area contributed by atoms with Gasteiger partial charge in [-0.3, -0.25) is 19.1 Å². The largest absolute Gasteiger partial charge is 0.481 e. The summed E-state index contributed by atoms with van der Waals surface area (Å²) < 4.78 is 1.80. The minimum Gasteiger partial charge on any atom is -0.481 e. The van der Waals surface area contributed by atoms with Gasteiger partial charge in [0.05, 0.1) is 18.2 Å². The zero-order valence-electron chi connectivity index (χ0n) is 20.1. The van der Waals surface area contributed by atoms with Crippen LogP contribution in [0.25, 0.3) is 11.3 Å². The molecule has 2 heterocycles. The number of nitrogens with zero attached hydrogens (tertiary/aromatic N) is 3. The monoisotopic (exact) mass is 508 g/mol. The molecule has 2 N–H and O–H groups in total. The van der Waals surface area contributed by atoms with Gasteiger partial charge in [0.1, 0.15) is 12.2 Å². The average molecular weight is 509 g/mol. The maximum atomic E-state index is 13.4. The zero-order valence-corrected chi connectivity index (χ0v) is 20.9. The molecule has 0 aliphatic carbocycles. The number of benzene rings is 2. The fourth-order valence-electron chi connectivity index (χ4n) is 4.47. The van der Waals surface area contributed by atoms with Crippen LogP contribution in [0.2, 0.25) is 5.02 Å². The fraction of sp³-hybridized carbons (Fsp3) is 0.333. The van der Waals surface area contributed by atoms with Crippen LogP contribution in [0.3, 0.4) is 0 Å². The summed E-state index contributed by atoms with van der Waals surface area (Å²) in [5.74, 6) is -1.62. The molecule has 2 amide bonds. The first-order chi connectivity index (χ1) is 17.4. The number of rotatable bonds is 10. The van der Waals surface area contributed by atoms with Crippen LogP contribution >= 0.6 is 11.6 Å². The first kappa shape index (κ1) is 25.4. The Hall–Kier alpha value is -3.65. The highest BCUT2D eigenvalue weighted by molar-refractivity contribution is 6.30. The number of amides is 2. The van der Waals surface area contributed by atoms with Crippen molar-refractivity contribution in [3.63, 3.8) is 0 Å². The third kappa shape index (κ3) is 5.94. The number of hydrogen-bond acceptors (Lipinski definition) is 4. The van der Waals surface area contributed by atoms with Gasteiger partial charge in [0.2, 0.25) is 5.91 Å². The van der Waals surface area contributed by atoms with Gasteiger partial charge in [-0.25, -0.2) is 0 Å². The van der Waals surface area contributed by atoms with E-state index in [1.807, 2.05) is 12.1 Å². The topological polar surface area (TPSA) is 105 Å². The average Bonchev–Trinajstić information content (AvgIpc) is 3.29. The molecule has 9 heteroatoms. The number of para-hydroxylation sites is 1. The lowest BCUT2D eigenvalue weighted by atomic mass is 10.0. The molecule has 0 fully saturated rings. The van der Waals surface area contributed by atoms with Gasteiger partial charge in [-0.2, -0.15) is 5.10 Å². The Balaban J connectivity index is 1.55. The summed E-state index contributed by atoms with van der Waals surface area (Å²) in [6.07, 6.45) is 3.79. The van der Waals surface area contributed by atoms with Crippen molar-refractivity contribution in [3.05, 3.63) is 70.9 Å². The maximum Gasteiger partial charge on any atom is 0.307 e. The second-order valence-electron chi connectivity index (χ2n) is 8.98. The van der Waals surface area contributed by atoms with E-state index in [1.54, 1.807) is 52.0 Å². The number of carbonyl (C=O) groups excluding carboxylic acids is 2. The maximum absolute atomic E-state index is 13.4. The number of unbranched alkanes of at least 4 members (excludes halogenated alkanes) is 2. The number of halogens is 1. The van der Waals surface area contributed by atoms with Crippen LogP contribution in [-0.2, 0) is 16.0 Å². The first-order valence-corrected chi connectivity index (χ1v) is 12.5. The molecule has 0 bridgehead atoms. The van der Waals surface area contributed by atoms with E-state index in [9.17, 15) is 14.4 Å². The van der Waals surface area contributed by atoms with Crippen LogP contribution in [0, 0.1) is 0 Å². The van der Waals surface area contributed by atoms with Crippen LogP contribution in [-0.4, -0.2) is 50.7 Å². The van der Waals surface area contributed by atoms with E-state index < -0.39 is 5.97 Å². The Morgan fingerprint density at radius 1 is 1.14 bits per heavy atom. The van der Waals surface area contributed by atoms with Gasteiger partial charge < -0.3 is 15.3 Å². The summed E-state index contributed by atoms with van der Waals surface area (Å²) in [5.41, 5.74) is 2.94. The van der Waals surface area contributed by atoms with Gasteiger partial charge in [-0.05, 0) is 36.2 Å². The smallest absolute Gasteiger partial charge is 0.307 e. The number of aliphatic carboxylic acids is 1. The van der Waals surface area contributed by atoms with E-state index in [2.05, 4.69) is 12.2 Å². The van der Waals surface area contributed by atoms with Crippen molar-refractivity contribution in [1.29, 1.82) is 0 Å². The molecular formula is C27H29ClN4O4. The van der Waals surface area contributed by atoms with E-state index in [4.69, 9.17) is 21.8 Å². The minimum absolute atomic E-state index is 0.0441. The SMILES string of the molecule is CCCCCC1CN(CC(=O)Nc2ccccc2CC(=O)O)C(=O)c2cc(-c3ccc(Cl)cc3)nn21. The van der Waals surface area contributed by atoms with Gasteiger partial charge >= 0.3 is 5.97 Å². The lowest BCUT2D eigenvalue weighted by molar-refractivity contribution is -0.136. The van der Waals surface area contributed by atoms with Crippen LogP contribution in [0.1, 0.15) is 54.7 Å². The highest BCUT2D eigenvalue weighted by Gasteiger charge is 2.34. The molecule has 1 aromatic heterocycles. The van der Waals surface area contributed by atoms with Gasteiger partial charge in [0, 0.05) is 22.8 Å². The highest BCUT2D eigenvalue weighted by Crippen LogP contribution is 2.30. The molecule has 0 saturated heterocycles. The Morgan fingerprint density at radius 3 is 2.61 bits per heavy atom. The first-order valence-electron chi connectivity index (χ1n) is 12.1. The molecule has 1 aliphatic heterocycles. The third-order valence-electron chi connectivity index (χ3n) is 6.27. The number of anilines is 1. The minimum atomic E-state index is -0.984. The Kier molecular flexibility index (Phi) is 8.05. The number of fused-ring (bicyclic) bond motifs is 1. The van der Waals surface area contributed by atoms with Crippen LogP contribution in [0.4, 0.5) is 5.69 Å². The van der Waals surface area contributed by atoms with Crippen molar-refractivity contribution < 1.29 is 19.5 Å². The lowest BCUT2D eigenvalue weighted by Crippen LogP contribution is -2.46. The van der Waals surface area contributed by atoms with Crippen molar-refractivity contribution in [1.82, 2.24) is 14.7 Å². The molecular weight excluding hydrogens is 480 g/mol. The van der Waals surface area contributed by atoms with Gasteiger partial charge in [0.25, 0.3) is 5.91 Å². The molecule has 0 spiro atoms. The molecule has 3 aromatic rings. The van der Waals surface area contributed by atoms with Crippen molar-refractivity contribution in [2.75, 3.05) is 18.4 Å². The number of carboxylic acid groups (broad SMARTS) is 1. The molecule has 1 aliphatic rings. The lowest BCUT2D eigenvalue weighted by Gasteiger charge is -2.33. The summed E-state index contributed by atoms with van der Waals surface area (Å²) >= 11 is 6.02. The molecule has 1 atom stereocenters. The number of carboxylic acids is 1. The molecule has 8 nitrogen and oxygen atoms in total. The van der Waals surface area contributed by atoms with Crippen molar-refractivity contribution in [2.24, 2.45) is 0 Å². The van der Waals surface area contributed by atoms with Gasteiger partial charge in [-0.1, -0.05) is 68.1 Å². The number of hydrogen-bond donors (Lipinski definition) is 2. The number of aromatic nitrogens is 2. The highest BCUT2D eigenvalue weighted by atomic mass is 35.5. The fourth-order valence-corrected chi connectivity index (χ4v) is 4.60. The van der Waals surface area contributed by atoms with E-state index in [0.29, 0.717) is 34.2 Å². The van der Waals surface area contributed by atoms with E-state index >= 15 is 0 Å². The second-order valence-corrected chi connectivity index (χ2v) is 9.41. The quantitative estimate of drug-likeness (QED) is 0.373. The summed E-state index contributed by atoms with van der Waals surface area (Å²) in [5, 5.41) is 17.3. The molecule has 188 valence electrons. The predicted molar refractivity (Wildman–Crippen MR) is 138 cm³/mol. The van der Waals surface area contributed by atoms with Crippen LogP contribution < -0.4 is 5.32 Å². The van der Waals surface area contributed by atoms with Gasteiger partial charge in [-0.15, -0.1) is 0 Å². The molecule has 4 rings (SSSR count). The molecule has 1 unspecified atom stereocenters. The van der Waals surface area contributed by atoms with Crippen molar-refractivity contribution in [2.45, 2.75) is 45.1 Å². The van der Waals surface area contributed by atoms with Gasteiger partial charge in [0.15, 0.2) is 0 Å².